The Balaban J connectivity index is 1.47. The Morgan fingerprint density at radius 3 is 2.43 bits per heavy atom. The lowest BCUT2D eigenvalue weighted by molar-refractivity contribution is -0.465. The van der Waals surface area contributed by atoms with Gasteiger partial charge in [-0.15, -0.1) is 13.9 Å². The summed E-state index contributed by atoms with van der Waals surface area (Å²) in [4.78, 5) is 22.3. The molecule has 1 aromatic rings. The summed E-state index contributed by atoms with van der Waals surface area (Å²) in [5.74, 6) is -20.5. The molecule has 0 amide bonds. The van der Waals surface area contributed by atoms with Crippen LogP contribution in [0, 0.1) is 0 Å². The zero-order chi connectivity index (χ0) is 29.7. The normalized spacial score (nSPS) is 57.6. The van der Waals surface area contributed by atoms with E-state index in [1.165, 1.54) is 0 Å². The van der Waals surface area contributed by atoms with Crippen molar-refractivity contribution in [2.24, 2.45) is 0 Å². The number of rotatable bonds is 2. The summed E-state index contributed by atoms with van der Waals surface area (Å²) < 4.78 is 97.6. The SMILES string of the molecule is O=c1nc2c(C3(O)OC(CO)C(O)C3O)c3n1C14O[C@]5(OP(=O)(OC5O)O1)[C@@]15OOP(=O)(O3)ON2OP(=O)(O1)O[C@@]45O. The van der Waals surface area contributed by atoms with Gasteiger partial charge in [0, 0.05) is 0 Å². The molecule has 3 spiro atoms. The van der Waals surface area contributed by atoms with Gasteiger partial charge in [0.25, 0.3) is 5.79 Å². The second-order valence-corrected chi connectivity index (χ2v) is 13.9. The van der Waals surface area contributed by atoms with Gasteiger partial charge in [0.15, 0.2) is 0 Å². The van der Waals surface area contributed by atoms with Crippen LogP contribution in [-0.2, 0) is 76.3 Å². The Morgan fingerprint density at radius 2 is 1.71 bits per heavy atom. The third kappa shape index (κ3) is 2.56. The Bertz CT molecular complexity index is 1720. The molecule has 0 aromatic carbocycles. The van der Waals surface area contributed by atoms with Gasteiger partial charge in [0.1, 0.15) is 23.9 Å². The largest absolute Gasteiger partial charge is 0.583 e. The van der Waals surface area contributed by atoms with Crippen LogP contribution >= 0.6 is 23.5 Å². The summed E-state index contributed by atoms with van der Waals surface area (Å²) in [6.07, 6.45) is -8.95. The molecule has 28 heteroatoms. The van der Waals surface area contributed by atoms with Crippen LogP contribution in [0.25, 0.3) is 0 Å². The number of aromatic nitrogens is 2. The van der Waals surface area contributed by atoms with E-state index in [1.807, 2.05) is 0 Å². The number of aliphatic hydroxyl groups excluding tert-OH is 4. The molecule has 9 unspecified atom stereocenters. The Morgan fingerprint density at radius 1 is 0.976 bits per heavy atom. The van der Waals surface area contributed by atoms with Crippen molar-refractivity contribution in [1.29, 1.82) is 0 Å². The van der Waals surface area contributed by atoms with E-state index in [2.05, 4.69) is 4.98 Å². The molecule has 9 rings (SSSR count). The molecule has 1 aromatic heterocycles. The molecular weight excluding hydrogens is 655 g/mol. The predicted molar refractivity (Wildman–Crippen MR) is 108 cm³/mol. The molecule has 0 aliphatic carbocycles. The van der Waals surface area contributed by atoms with E-state index in [4.69, 9.17) is 55.4 Å². The molecule has 12 atom stereocenters. The standard InChI is InChI=1S/C14H12N3O22P3/c18-1-2-4(19)5(20)10(23,28-2)3-6-15-9(22)16-7(3)29-41(26)37-17(6)38-42(27)34-12(24)13(35-42,32-39-41)11-8(21)30-40(25,33-11)36-14(12,16)31-11/h2,4-5,8,18-21,23-24H,1H2/t2?,4?,5?,8?,10?,11-,12-,13-,14?,40?,41?,42?/m1/s1. The van der Waals surface area contributed by atoms with Crippen LogP contribution in [0.15, 0.2) is 4.79 Å². The topological polar surface area (TPSA) is 321 Å². The number of ether oxygens (including phenoxy) is 2. The summed E-state index contributed by atoms with van der Waals surface area (Å²) in [6, 6.07) is 0. The van der Waals surface area contributed by atoms with Gasteiger partial charge >= 0.3 is 46.6 Å². The number of phosphoric acid groups is 3. The smallest absolute Gasteiger partial charge is 0.394 e. The van der Waals surface area contributed by atoms with Gasteiger partial charge < -0.3 is 39.9 Å². The van der Waals surface area contributed by atoms with E-state index in [1.54, 1.807) is 0 Å². The van der Waals surface area contributed by atoms with Crippen molar-refractivity contribution >= 4 is 29.3 Å². The second-order valence-electron chi connectivity index (χ2n) is 9.65. The number of phosphoric ester groups is 2. The predicted octanol–water partition coefficient (Wildman–Crippen LogP) is -3.97. The first-order chi connectivity index (χ1) is 19.5. The summed E-state index contributed by atoms with van der Waals surface area (Å²) in [6.45, 7) is -1.02. The van der Waals surface area contributed by atoms with Crippen molar-refractivity contribution in [2.45, 2.75) is 53.7 Å². The summed E-state index contributed by atoms with van der Waals surface area (Å²) in [7, 11) is -16.3. The number of hydrogen-bond acceptors (Lipinski definition) is 24. The molecular formula is C14H12N3O22P3. The second kappa shape index (κ2) is 7.14. The molecule has 8 aliphatic rings. The maximum Gasteiger partial charge on any atom is 0.583 e. The molecule has 0 saturated carbocycles. The van der Waals surface area contributed by atoms with E-state index < -0.39 is 107 Å². The first kappa shape index (κ1) is 26.9. The highest BCUT2D eigenvalue weighted by atomic mass is 31.2. The number of hydrogen-bond donors (Lipinski definition) is 6. The van der Waals surface area contributed by atoms with Crippen LogP contribution in [0.2, 0.25) is 0 Å². The van der Waals surface area contributed by atoms with Crippen LogP contribution in [0.5, 0.6) is 5.88 Å². The molecule has 25 nitrogen and oxygen atoms in total. The summed E-state index contributed by atoms with van der Waals surface area (Å²) in [5, 5.41) is 65.0. The Hall–Kier alpha value is -1.51. The molecule has 0 radical (unpaired) electrons. The maximum absolute atomic E-state index is 13.9. The highest BCUT2D eigenvalue weighted by molar-refractivity contribution is 7.50. The van der Waals surface area contributed by atoms with Crippen molar-refractivity contribution in [2.75, 3.05) is 11.8 Å². The lowest BCUT2D eigenvalue weighted by Crippen LogP contribution is -2.68. The van der Waals surface area contributed by atoms with Crippen molar-refractivity contribution in [3.05, 3.63) is 16.0 Å². The van der Waals surface area contributed by atoms with Gasteiger partial charge in [-0.3, -0.25) is 9.26 Å². The van der Waals surface area contributed by atoms with E-state index in [0.29, 0.717) is 0 Å². The van der Waals surface area contributed by atoms with Gasteiger partial charge in [-0.25, -0.2) is 41.2 Å². The minimum absolute atomic E-state index is 0.104. The van der Waals surface area contributed by atoms with Gasteiger partial charge in [-0.1, -0.05) is 5.23 Å². The fourth-order valence-electron chi connectivity index (χ4n) is 5.72. The van der Waals surface area contributed by atoms with Crippen LogP contribution in [0.4, 0.5) is 5.82 Å². The summed E-state index contributed by atoms with van der Waals surface area (Å²) >= 11 is 0. The third-order valence-electron chi connectivity index (χ3n) is 7.41. The van der Waals surface area contributed by atoms with Crippen molar-refractivity contribution in [3.8, 4) is 5.88 Å². The summed E-state index contributed by atoms with van der Waals surface area (Å²) in [5.41, 5.74) is -2.90. The fraction of sp³-hybridized carbons (Fsp3) is 0.714. The van der Waals surface area contributed by atoms with Gasteiger partial charge in [-0.2, -0.15) is 9.87 Å². The van der Waals surface area contributed by atoms with Crippen LogP contribution in [-0.4, -0.2) is 88.8 Å². The third-order valence-corrected chi connectivity index (χ3v) is 11.2. The quantitative estimate of drug-likeness (QED) is 0.129. The van der Waals surface area contributed by atoms with E-state index in [9.17, 15) is 49.1 Å². The lowest BCUT2D eigenvalue weighted by Gasteiger charge is -2.41. The molecule has 42 heavy (non-hydrogen) atoms. The number of fused-ring (bicyclic) bond motifs is 6. The average molecular weight is 667 g/mol. The van der Waals surface area contributed by atoms with E-state index >= 15 is 0 Å². The van der Waals surface area contributed by atoms with Crippen molar-refractivity contribution in [1.82, 2.24) is 9.55 Å². The highest BCUT2D eigenvalue weighted by Gasteiger charge is 3.02. The maximum atomic E-state index is 13.9. The molecule has 6 fully saturated rings. The number of aliphatic hydroxyl groups is 6. The van der Waals surface area contributed by atoms with Crippen LogP contribution < -0.4 is 15.4 Å². The van der Waals surface area contributed by atoms with E-state index in [-0.39, 0.29) is 9.79 Å². The van der Waals surface area contributed by atoms with E-state index in [0.717, 1.165) is 0 Å². The molecule has 9 heterocycles. The van der Waals surface area contributed by atoms with Crippen LogP contribution in [0.3, 0.4) is 0 Å². The Kier molecular flexibility index (Phi) is 4.57. The number of nitrogens with zero attached hydrogens (tertiary/aromatic N) is 3. The molecule has 6 N–H and O–H groups in total. The molecule has 230 valence electrons. The zero-order valence-corrected chi connectivity index (χ0v) is 22.1. The van der Waals surface area contributed by atoms with Gasteiger partial charge in [-0.05, 0) is 0 Å². The zero-order valence-electron chi connectivity index (χ0n) is 19.4. The highest BCUT2D eigenvalue weighted by Crippen LogP contribution is 2.86. The first-order valence-corrected chi connectivity index (χ1v) is 15.6. The lowest BCUT2D eigenvalue weighted by atomic mass is 9.96. The van der Waals surface area contributed by atoms with Gasteiger partial charge in [0.05, 0.1) is 6.61 Å². The van der Waals surface area contributed by atoms with Crippen molar-refractivity contribution in [3.63, 3.8) is 0 Å². The van der Waals surface area contributed by atoms with Crippen LogP contribution in [0.1, 0.15) is 5.56 Å². The first-order valence-electron chi connectivity index (χ1n) is 11.3. The Labute approximate surface area is 226 Å². The number of anilines is 1. The molecule has 8 aliphatic heterocycles. The average Bonchev–Trinajstić information content (AvgIpc) is 3.39. The molecule has 9 bridgehead atoms. The van der Waals surface area contributed by atoms with Crippen molar-refractivity contribution < 1.29 is 99.8 Å². The fourth-order valence-corrected chi connectivity index (χ4v) is 9.92. The minimum Gasteiger partial charge on any atom is -0.394 e. The molecule has 6 saturated heterocycles. The minimum atomic E-state index is -5.56. The monoisotopic (exact) mass is 667 g/mol. The van der Waals surface area contributed by atoms with Gasteiger partial charge in [0.2, 0.25) is 23.8 Å².